The van der Waals surface area contributed by atoms with Crippen LogP contribution in [0.1, 0.15) is 51.8 Å². The molecule has 2 aromatic rings. The summed E-state index contributed by atoms with van der Waals surface area (Å²) >= 11 is 0. The Morgan fingerprint density at radius 2 is 1.89 bits per heavy atom. The molecule has 0 fully saturated rings. The minimum Gasteiger partial charge on any atom is -0.233 e. The van der Waals surface area contributed by atoms with Gasteiger partial charge in [-0.2, -0.15) is 5.10 Å². The first kappa shape index (κ1) is 12.8. The predicted octanol–water partition coefficient (Wildman–Crippen LogP) is 3.69. The maximum absolute atomic E-state index is 4.81. The van der Waals surface area contributed by atoms with Crippen molar-refractivity contribution in [3.05, 3.63) is 41.9 Å². The SMILES string of the molecule is CC(C)c1ccc(-n2cccn2)nc1C(C)(C)C. The van der Waals surface area contributed by atoms with Crippen LogP contribution in [0.2, 0.25) is 0 Å². The zero-order valence-electron chi connectivity index (χ0n) is 11.8. The third-order valence-electron chi connectivity index (χ3n) is 2.98. The molecular weight excluding hydrogens is 222 g/mol. The molecule has 2 rings (SSSR count). The van der Waals surface area contributed by atoms with E-state index in [4.69, 9.17) is 4.98 Å². The van der Waals surface area contributed by atoms with Crippen LogP contribution < -0.4 is 0 Å². The molecule has 0 aliphatic heterocycles. The van der Waals surface area contributed by atoms with E-state index < -0.39 is 0 Å². The summed E-state index contributed by atoms with van der Waals surface area (Å²) in [4.78, 5) is 4.81. The molecule has 0 aliphatic rings. The summed E-state index contributed by atoms with van der Waals surface area (Å²) in [5.41, 5.74) is 2.52. The van der Waals surface area contributed by atoms with E-state index >= 15 is 0 Å². The van der Waals surface area contributed by atoms with Crippen LogP contribution in [0.15, 0.2) is 30.6 Å². The third-order valence-corrected chi connectivity index (χ3v) is 2.98. The van der Waals surface area contributed by atoms with Gasteiger partial charge in [-0.05, 0) is 23.6 Å². The van der Waals surface area contributed by atoms with Gasteiger partial charge in [0.25, 0.3) is 0 Å². The van der Waals surface area contributed by atoms with E-state index in [-0.39, 0.29) is 5.41 Å². The topological polar surface area (TPSA) is 30.7 Å². The van der Waals surface area contributed by atoms with Crippen LogP contribution >= 0.6 is 0 Å². The van der Waals surface area contributed by atoms with Crippen LogP contribution in [0.25, 0.3) is 5.82 Å². The average Bonchev–Trinajstić information content (AvgIpc) is 2.80. The predicted molar refractivity (Wildman–Crippen MR) is 74.1 cm³/mol. The second-order valence-corrected chi connectivity index (χ2v) is 5.96. The lowest BCUT2D eigenvalue weighted by Gasteiger charge is -2.24. The summed E-state index contributed by atoms with van der Waals surface area (Å²) in [7, 11) is 0. The minimum atomic E-state index is 0.0444. The number of pyridine rings is 1. The Hall–Kier alpha value is -1.64. The minimum absolute atomic E-state index is 0.0444. The normalized spacial score (nSPS) is 12.1. The number of hydrogen-bond donors (Lipinski definition) is 0. The van der Waals surface area contributed by atoms with Crippen molar-refractivity contribution in [1.82, 2.24) is 14.8 Å². The number of aromatic nitrogens is 3. The maximum atomic E-state index is 4.81. The van der Waals surface area contributed by atoms with Crippen molar-refractivity contribution in [1.29, 1.82) is 0 Å². The molecule has 2 heterocycles. The van der Waals surface area contributed by atoms with E-state index in [0.717, 1.165) is 11.5 Å². The van der Waals surface area contributed by atoms with Gasteiger partial charge in [0.1, 0.15) is 0 Å². The van der Waals surface area contributed by atoms with E-state index in [9.17, 15) is 0 Å². The molecule has 0 amide bonds. The Bertz CT molecular complexity index is 519. The first-order valence-electron chi connectivity index (χ1n) is 6.41. The highest BCUT2D eigenvalue weighted by molar-refractivity contribution is 5.35. The van der Waals surface area contributed by atoms with Crippen LogP contribution in [-0.4, -0.2) is 14.8 Å². The molecule has 0 bridgehead atoms. The molecule has 3 nitrogen and oxygen atoms in total. The van der Waals surface area contributed by atoms with Crippen LogP contribution in [0, 0.1) is 0 Å². The van der Waals surface area contributed by atoms with Crippen LogP contribution in [0.4, 0.5) is 0 Å². The number of rotatable bonds is 2. The molecule has 18 heavy (non-hydrogen) atoms. The molecule has 3 heteroatoms. The first-order valence-corrected chi connectivity index (χ1v) is 6.41. The number of nitrogens with zero attached hydrogens (tertiary/aromatic N) is 3. The van der Waals surface area contributed by atoms with Crippen molar-refractivity contribution >= 4 is 0 Å². The molecule has 0 saturated heterocycles. The summed E-state index contributed by atoms with van der Waals surface area (Å²) in [6.07, 6.45) is 3.69. The highest BCUT2D eigenvalue weighted by atomic mass is 15.3. The lowest BCUT2D eigenvalue weighted by molar-refractivity contribution is 0.552. The quantitative estimate of drug-likeness (QED) is 0.805. The zero-order chi connectivity index (χ0) is 13.3. The lowest BCUT2D eigenvalue weighted by atomic mass is 9.85. The molecule has 0 spiro atoms. The fraction of sp³-hybridized carbons (Fsp3) is 0.467. The molecular formula is C15H21N3. The zero-order valence-corrected chi connectivity index (χ0v) is 11.8. The highest BCUT2D eigenvalue weighted by Crippen LogP contribution is 2.29. The standard InChI is InChI=1S/C15H21N3/c1-11(2)12-7-8-13(18-10-6-9-16-18)17-14(12)15(3,4)5/h6-11H,1-5H3. The Morgan fingerprint density at radius 3 is 2.39 bits per heavy atom. The van der Waals surface area contributed by atoms with Gasteiger partial charge in [0.15, 0.2) is 5.82 Å². The maximum Gasteiger partial charge on any atom is 0.153 e. The smallest absolute Gasteiger partial charge is 0.153 e. The molecule has 0 unspecified atom stereocenters. The first-order chi connectivity index (χ1) is 8.39. The summed E-state index contributed by atoms with van der Waals surface area (Å²) in [6.45, 7) is 11.0. The van der Waals surface area contributed by atoms with Gasteiger partial charge in [-0.15, -0.1) is 0 Å². The van der Waals surface area contributed by atoms with Gasteiger partial charge in [0.2, 0.25) is 0 Å². The van der Waals surface area contributed by atoms with Gasteiger partial charge in [-0.1, -0.05) is 40.7 Å². The van der Waals surface area contributed by atoms with Gasteiger partial charge in [0.05, 0.1) is 5.69 Å². The molecule has 2 aromatic heterocycles. The van der Waals surface area contributed by atoms with E-state index in [1.54, 1.807) is 10.9 Å². The van der Waals surface area contributed by atoms with E-state index in [2.05, 4.69) is 45.8 Å². The third kappa shape index (κ3) is 2.45. The van der Waals surface area contributed by atoms with Gasteiger partial charge >= 0.3 is 0 Å². The Balaban J connectivity index is 2.56. The molecule has 0 saturated carbocycles. The van der Waals surface area contributed by atoms with Crippen molar-refractivity contribution in [3.8, 4) is 5.82 Å². The summed E-state index contributed by atoms with van der Waals surface area (Å²) in [5.74, 6) is 1.37. The van der Waals surface area contributed by atoms with Gasteiger partial charge in [0, 0.05) is 17.8 Å². The second-order valence-electron chi connectivity index (χ2n) is 5.96. The van der Waals surface area contributed by atoms with Crippen LogP contribution in [-0.2, 0) is 5.41 Å². The Kier molecular flexibility index (Phi) is 3.24. The van der Waals surface area contributed by atoms with Gasteiger partial charge in [-0.25, -0.2) is 9.67 Å². The molecule has 0 atom stereocenters. The molecule has 96 valence electrons. The molecule has 0 aromatic carbocycles. The largest absolute Gasteiger partial charge is 0.233 e. The van der Waals surface area contributed by atoms with Crippen molar-refractivity contribution in [2.75, 3.05) is 0 Å². The van der Waals surface area contributed by atoms with Crippen molar-refractivity contribution in [2.24, 2.45) is 0 Å². The molecule has 0 aliphatic carbocycles. The van der Waals surface area contributed by atoms with E-state index in [1.807, 2.05) is 18.3 Å². The molecule has 0 radical (unpaired) electrons. The second kappa shape index (κ2) is 4.56. The van der Waals surface area contributed by atoms with Gasteiger partial charge < -0.3 is 0 Å². The van der Waals surface area contributed by atoms with Crippen molar-refractivity contribution in [3.63, 3.8) is 0 Å². The van der Waals surface area contributed by atoms with Gasteiger partial charge in [-0.3, -0.25) is 0 Å². The average molecular weight is 243 g/mol. The van der Waals surface area contributed by atoms with Crippen molar-refractivity contribution < 1.29 is 0 Å². The summed E-state index contributed by atoms with van der Waals surface area (Å²) in [6, 6.07) is 6.13. The van der Waals surface area contributed by atoms with Crippen molar-refractivity contribution in [2.45, 2.75) is 46.0 Å². The van der Waals surface area contributed by atoms with Crippen LogP contribution in [0.3, 0.4) is 0 Å². The number of hydrogen-bond acceptors (Lipinski definition) is 2. The molecule has 0 N–H and O–H groups in total. The Labute approximate surface area is 109 Å². The summed E-state index contributed by atoms with van der Waals surface area (Å²) < 4.78 is 1.80. The monoisotopic (exact) mass is 243 g/mol. The highest BCUT2D eigenvalue weighted by Gasteiger charge is 2.22. The van der Waals surface area contributed by atoms with E-state index in [1.165, 1.54) is 5.56 Å². The summed E-state index contributed by atoms with van der Waals surface area (Å²) in [5, 5.41) is 4.24. The van der Waals surface area contributed by atoms with Crippen LogP contribution in [0.5, 0.6) is 0 Å². The fourth-order valence-electron chi connectivity index (χ4n) is 2.06. The Morgan fingerprint density at radius 1 is 1.17 bits per heavy atom. The lowest BCUT2D eigenvalue weighted by Crippen LogP contribution is -2.18. The van der Waals surface area contributed by atoms with E-state index in [0.29, 0.717) is 5.92 Å². The fourth-order valence-corrected chi connectivity index (χ4v) is 2.06.